The molecule has 0 heterocycles. The molecule has 4 rings (SSSR count). The Morgan fingerprint density at radius 2 is 1.61 bits per heavy atom. The first-order chi connectivity index (χ1) is 15.0. The maximum absolute atomic E-state index is 12.5. The van der Waals surface area contributed by atoms with Crippen LogP contribution in [0.25, 0.3) is 11.1 Å². The fourth-order valence-corrected chi connectivity index (χ4v) is 4.01. The van der Waals surface area contributed by atoms with E-state index in [9.17, 15) is 14.4 Å². The van der Waals surface area contributed by atoms with Crippen LogP contribution in [0, 0.1) is 5.92 Å². The lowest BCUT2D eigenvalue weighted by molar-refractivity contribution is -0.137. The summed E-state index contributed by atoms with van der Waals surface area (Å²) in [5, 5.41) is 14.3. The number of hydrogen-bond donors (Lipinski definition) is 3. The Morgan fingerprint density at radius 3 is 2.19 bits per heavy atom. The van der Waals surface area contributed by atoms with Gasteiger partial charge in [-0.1, -0.05) is 48.5 Å². The topological polar surface area (TPSA) is 105 Å². The standard InChI is InChI=1S/C24H26N2O5/c27-22(28)12-11-21(23(29)25-13-15-9-10-15)26-24(30)31-14-20-18-7-3-1-5-16(18)17-6-2-4-8-19(17)20/h1-8,15,20-21H,9-14H2,(H,25,29)(H,26,30)(H,27,28). The number of nitrogens with one attached hydrogen (secondary N) is 2. The summed E-state index contributed by atoms with van der Waals surface area (Å²) >= 11 is 0. The molecule has 0 bridgehead atoms. The van der Waals surface area contributed by atoms with Gasteiger partial charge in [0.05, 0.1) is 0 Å². The molecular formula is C24H26N2O5. The van der Waals surface area contributed by atoms with Crippen LogP contribution >= 0.6 is 0 Å². The zero-order chi connectivity index (χ0) is 21.8. The van der Waals surface area contributed by atoms with Crippen molar-refractivity contribution in [3.8, 4) is 11.1 Å². The highest BCUT2D eigenvalue weighted by Crippen LogP contribution is 2.44. The summed E-state index contributed by atoms with van der Waals surface area (Å²) in [6.07, 6.45) is 1.24. The summed E-state index contributed by atoms with van der Waals surface area (Å²) < 4.78 is 5.49. The molecule has 2 aliphatic rings. The molecule has 0 saturated heterocycles. The minimum Gasteiger partial charge on any atom is -0.481 e. The molecule has 0 aromatic heterocycles. The van der Waals surface area contributed by atoms with E-state index in [0.717, 1.165) is 35.1 Å². The van der Waals surface area contributed by atoms with Crippen molar-refractivity contribution in [1.82, 2.24) is 10.6 Å². The predicted octanol–water partition coefficient (Wildman–Crippen LogP) is 3.28. The lowest BCUT2D eigenvalue weighted by atomic mass is 9.98. The Kier molecular flexibility index (Phi) is 6.21. The first-order valence-electron chi connectivity index (χ1n) is 10.6. The number of carboxylic acids is 1. The number of carbonyl (C=O) groups excluding carboxylic acids is 2. The van der Waals surface area contributed by atoms with Crippen molar-refractivity contribution in [1.29, 1.82) is 0 Å². The van der Waals surface area contributed by atoms with Gasteiger partial charge in [0.1, 0.15) is 12.6 Å². The van der Waals surface area contributed by atoms with Gasteiger partial charge in [0, 0.05) is 18.9 Å². The van der Waals surface area contributed by atoms with Gasteiger partial charge in [-0.25, -0.2) is 4.79 Å². The van der Waals surface area contributed by atoms with Crippen LogP contribution in [0.2, 0.25) is 0 Å². The largest absolute Gasteiger partial charge is 0.481 e. The third kappa shape index (κ3) is 5.05. The third-order valence-electron chi connectivity index (χ3n) is 5.86. The van der Waals surface area contributed by atoms with E-state index in [1.165, 1.54) is 0 Å². The number of carbonyl (C=O) groups is 3. The molecule has 0 spiro atoms. The SMILES string of the molecule is O=C(O)CCC(NC(=O)OCC1c2ccccc2-c2ccccc21)C(=O)NCC1CC1. The fraction of sp³-hybridized carbons (Fsp3) is 0.375. The molecular weight excluding hydrogens is 396 g/mol. The molecule has 162 valence electrons. The highest BCUT2D eigenvalue weighted by molar-refractivity contribution is 5.86. The number of hydrogen-bond acceptors (Lipinski definition) is 4. The van der Waals surface area contributed by atoms with Gasteiger partial charge in [0.25, 0.3) is 0 Å². The van der Waals surface area contributed by atoms with Crippen molar-refractivity contribution < 1.29 is 24.2 Å². The van der Waals surface area contributed by atoms with Gasteiger partial charge in [-0.15, -0.1) is 0 Å². The van der Waals surface area contributed by atoms with E-state index in [2.05, 4.69) is 22.8 Å². The smallest absolute Gasteiger partial charge is 0.407 e. The second-order valence-corrected chi connectivity index (χ2v) is 8.14. The van der Waals surface area contributed by atoms with E-state index in [-0.39, 0.29) is 31.3 Å². The Balaban J connectivity index is 1.38. The van der Waals surface area contributed by atoms with Gasteiger partial charge in [-0.3, -0.25) is 9.59 Å². The Bertz CT molecular complexity index is 940. The first kappa shape index (κ1) is 20.9. The van der Waals surface area contributed by atoms with Gasteiger partial charge in [-0.2, -0.15) is 0 Å². The number of aliphatic carboxylic acids is 1. The van der Waals surface area contributed by atoms with Crippen LogP contribution in [0.1, 0.15) is 42.7 Å². The molecule has 1 saturated carbocycles. The molecule has 31 heavy (non-hydrogen) atoms. The Labute approximate surface area is 180 Å². The monoisotopic (exact) mass is 422 g/mol. The Morgan fingerprint density at radius 1 is 1.00 bits per heavy atom. The summed E-state index contributed by atoms with van der Waals surface area (Å²) in [7, 11) is 0. The summed E-state index contributed by atoms with van der Waals surface area (Å²) in [4.78, 5) is 35.9. The summed E-state index contributed by atoms with van der Waals surface area (Å²) in [6, 6.07) is 15.1. The van der Waals surface area contributed by atoms with Crippen molar-refractivity contribution in [2.75, 3.05) is 13.2 Å². The van der Waals surface area contributed by atoms with E-state index in [1.807, 2.05) is 36.4 Å². The molecule has 7 nitrogen and oxygen atoms in total. The van der Waals surface area contributed by atoms with Gasteiger partial charge < -0.3 is 20.5 Å². The van der Waals surface area contributed by atoms with Gasteiger partial charge in [0.2, 0.25) is 5.91 Å². The number of alkyl carbamates (subject to hydrolysis) is 1. The van der Waals surface area contributed by atoms with Gasteiger partial charge in [0.15, 0.2) is 0 Å². The molecule has 3 N–H and O–H groups in total. The molecule has 2 aromatic rings. The first-order valence-corrected chi connectivity index (χ1v) is 10.6. The van der Waals surface area contributed by atoms with Crippen LogP contribution in [0.15, 0.2) is 48.5 Å². The third-order valence-corrected chi connectivity index (χ3v) is 5.86. The summed E-state index contributed by atoms with van der Waals surface area (Å²) in [5.74, 6) is -0.992. The van der Waals surface area contributed by atoms with Crippen molar-refractivity contribution >= 4 is 18.0 Å². The normalized spacial score (nSPS) is 15.5. The quantitative estimate of drug-likeness (QED) is 0.575. The van der Waals surface area contributed by atoms with Crippen molar-refractivity contribution in [2.45, 2.75) is 37.6 Å². The minimum atomic E-state index is -1.02. The van der Waals surface area contributed by atoms with Crippen LogP contribution in [0.3, 0.4) is 0 Å². The van der Waals surface area contributed by atoms with Crippen molar-refractivity contribution in [3.63, 3.8) is 0 Å². The van der Waals surface area contributed by atoms with E-state index in [4.69, 9.17) is 9.84 Å². The summed E-state index contributed by atoms with van der Waals surface area (Å²) in [6.45, 7) is 0.685. The number of ether oxygens (including phenoxy) is 1. The number of rotatable bonds is 9. The minimum absolute atomic E-state index is 0.00995. The van der Waals surface area contributed by atoms with E-state index in [0.29, 0.717) is 12.5 Å². The van der Waals surface area contributed by atoms with Gasteiger partial charge >= 0.3 is 12.1 Å². The second-order valence-electron chi connectivity index (χ2n) is 8.14. The second kappa shape index (κ2) is 9.20. The van der Waals surface area contributed by atoms with E-state index >= 15 is 0 Å². The van der Waals surface area contributed by atoms with Crippen LogP contribution in [-0.2, 0) is 14.3 Å². The van der Waals surface area contributed by atoms with Crippen LogP contribution in [0.5, 0.6) is 0 Å². The molecule has 7 heteroatoms. The molecule has 2 aromatic carbocycles. The highest BCUT2D eigenvalue weighted by atomic mass is 16.5. The molecule has 0 aliphatic heterocycles. The molecule has 2 aliphatic carbocycles. The zero-order valence-electron chi connectivity index (χ0n) is 17.2. The lowest BCUT2D eigenvalue weighted by Crippen LogP contribution is -2.47. The number of amides is 2. The number of carboxylic acid groups (broad SMARTS) is 1. The van der Waals surface area contributed by atoms with E-state index < -0.39 is 18.1 Å². The fourth-order valence-electron chi connectivity index (χ4n) is 4.01. The number of benzene rings is 2. The molecule has 1 fully saturated rings. The average Bonchev–Trinajstić information content (AvgIpc) is 3.55. The molecule has 1 atom stereocenters. The maximum atomic E-state index is 12.5. The average molecular weight is 422 g/mol. The zero-order valence-corrected chi connectivity index (χ0v) is 17.2. The Hall–Kier alpha value is -3.35. The molecule has 1 unspecified atom stereocenters. The van der Waals surface area contributed by atoms with Crippen LogP contribution < -0.4 is 10.6 Å². The number of fused-ring (bicyclic) bond motifs is 3. The molecule has 2 amide bonds. The van der Waals surface area contributed by atoms with Gasteiger partial charge in [-0.05, 0) is 47.4 Å². The van der Waals surface area contributed by atoms with Crippen molar-refractivity contribution in [2.24, 2.45) is 5.92 Å². The molecule has 0 radical (unpaired) electrons. The van der Waals surface area contributed by atoms with Crippen LogP contribution in [-0.4, -0.2) is 42.3 Å². The van der Waals surface area contributed by atoms with Crippen LogP contribution in [0.4, 0.5) is 4.79 Å². The maximum Gasteiger partial charge on any atom is 0.407 e. The summed E-state index contributed by atoms with van der Waals surface area (Å²) in [5.41, 5.74) is 4.46. The predicted molar refractivity (Wildman–Crippen MR) is 115 cm³/mol. The lowest BCUT2D eigenvalue weighted by Gasteiger charge is -2.19. The van der Waals surface area contributed by atoms with Crippen molar-refractivity contribution in [3.05, 3.63) is 59.7 Å². The highest BCUT2D eigenvalue weighted by Gasteiger charge is 2.30. The van der Waals surface area contributed by atoms with E-state index in [1.54, 1.807) is 0 Å².